The Morgan fingerprint density at radius 2 is 0.716 bits per heavy atom. The maximum Gasteiger partial charge on any atom is 0.166 e. The van der Waals surface area contributed by atoms with E-state index in [9.17, 15) is 0 Å². The predicted octanol–water partition coefficient (Wildman–Crippen LogP) is 20.1. The van der Waals surface area contributed by atoms with Gasteiger partial charge in [-0.25, -0.2) is 15.0 Å². The van der Waals surface area contributed by atoms with E-state index in [0.717, 1.165) is 88.7 Å². The van der Waals surface area contributed by atoms with Crippen molar-refractivity contribution >= 4 is 75.1 Å². The fourth-order valence-corrected chi connectivity index (χ4v) is 13.5. The van der Waals surface area contributed by atoms with E-state index in [0.29, 0.717) is 17.5 Å². The fourth-order valence-electron chi connectivity index (χ4n) is 12.4. The Bertz CT molecular complexity index is 5100. The highest BCUT2D eigenvalue weighted by Crippen LogP contribution is 2.47. The van der Waals surface area contributed by atoms with Gasteiger partial charge in [-0.15, -0.1) is 11.3 Å². The Morgan fingerprint density at radius 1 is 0.247 bits per heavy atom. The second kappa shape index (κ2) is 19.1. The van der Waals surface area contributed by atoms with Gasteiger partial charge in [-0.1, -0.05) is 218 Å². The number of hydrogen-bond acceptors (Lipinski definition) is 4. The number of fused-ring (bicyclic) bond motifs is 9. The van der Waals surface area contributed by atoms with Crippen molar-refractivity contribution in [3.8, 4) is 90.0 Å². The van der Waals surface area contributed by atoms with Crippen LogP contribution in [0.1, 0.15) is 0 Å². The molecule has 0 bridgehead atoms. The predicted molar refractivity (Wildman–Crippen MR) is 339 cm³/mol. The highest BCUT2D eigenvalue weighted by atomic mass is 32.1. The van der Waals surface area contributed by atoms with Gasteiger partial charge in [0.05, 0.1) is 27.8 Å². The Labute approximate surface area is 471 Å². The lowest BCUT2D eigenvalue weighted by molar-refractivity contribution is 1.07. The molecule has 12 aromatic carbocycles. The Kier molecular flexibility index (Phi) is 11.0. The quantitative estimate of drug-likeness (QED) is 0.145. The van der Waals surface area contributed by atoms with Crippen LogP contribution >= 0.6 is 11.3 Å². The van der Waals surface area contributed by atoms with Gasteiger partial charge in [0.15, 0.2) is 17.5 Å². The molecule has 16 aromatic rings. The van der Waals surface area contributed by atoms with Gasteiger partial charge in [-0.2, -0.15) is 0 Å². The molecule has 0 unspecified atom stereocenters. The first-order valence-electron chi connectivity index (χ1n) is 27.4. The molecule has 0 N–H and O–H groups in total. The Morgan fingerprint density at radius 3 is 1.42 bits per heavy atom. The van der Waals surface area contributed by atoms with Gasteiger partial charge in [0.2, 0.25) is 0 Å². The van der Waals surface area contributed by atoms with Gasteiger partial charge < -0.3 is 9.13 Å². The Hall–Kier alpha value is -10.5. The summed E-state index contributed by atoms with van der Waals surface area (Å²) in [6.45, 7) is 0. The fraction of sp³-hybridized carbons (Fsp3) is 0. The molecule has 81 heavy (non-hydrogen) atoms. The normalized spacial score (nSPS) is 11.7. The lowest BCUT2D eigenvalue weighted by Gasteiger charge is -2.17. The standard InChI is InChI=1S/C75H47N5S/c1-5-21-48(22-6-1)51-27-17-28-54(45-51)73-76-74(78-75(77-73)62-35-20-40-69-72(62)61-32-14-16-39-68(61)81-69)60-44-42-53(50-25-9-3-10-26-50)47-67(60)80-63-36-15-13-31-58(63)70-56(34-19-38-65(70)80)57-33-18-37-64-71(57)59-43-41-52(49-23-7-2-8-24-49)46-66(59)79(64)55-29-11-4-12-30-55/h1-47H. The molecule has 0 amide bonds. The van der Waals surface area contributed by atoms with Crippen molar-refractivity contribution < 1.29 is 0 Å². The van der Waals surface area contributed by atoms with Crippen LogP contribution in [0.4, 0.5) is 0 Å². The maximum atomic E-state index is 5.60. The summed E-state index contributed by atoms with van der Waals surface area (Å²) >= 11 is 1.80. The van der Waals surface area contributed by atoms with Crippen molar-refractivity contribution in [1.29, 1.82) is 0 Å². The summed E-state index contributed by atoms with van der Waals surface area (Å²) < 4.78 is 7.29. The molecule has 5 nitrogen and oxygen atoms in total. The SMILES string of the molecule is c1ccc(-c2cccc(-c3nc(-c4ccc(-c5ccccc5)cc4-n4c5ccccc5c5c(-c6cccc7c6c6ccc(-c8ccccc8)cc6n7-c6ccccc6)cccc54)nc(-c4cccc5sc6ccccc6c45)n3)c2)cc1. The second-order valence-corrected chi connectivity index (χ2v) is 21.7. The first-order valence-corrected chi connectivity index (χ1v) is 28.2. The number of aromatic nitrogens is 5. The Balaban J connectivity index is 0.964. The van der Waals surface area contributed by atoms with Crippen LogP contribution in [0.5, 0.6) is 0 Å². The van der Waals surface area contributed by atoms with Gasteiger partial charge >= 0.3 is 0 Å². The molecule has 0 aliphatic heterocycles. The van der Waals surface area contributed by atoms with Crippen LogP contribution < -0.4 is 0 Å². The number of rotatable bonds is 9. The topological polar surface area (TPSA) is 48.5 Å². The molecular formula is C75H47N5S. The molecular weight excluding hydrogens is 1000 g/mol. The average Bonchev–Trinajstić information content (AvgIpc) is 4.38. The van der Waals surface area contributed by atoms with Gasteiger partial charge in [-0.3, -0.25) is 0 Å². The first kappa shape index (κ1) is 46.6. The van der Waals surface area contributed by atoms with Gasteiger partial charge in [0.25, 0.3) is 0 Å². The summed E-state index contributed by atoms with van der Waals surface area (Å²) in [6.07, 6.45) is 0. The van der Waals surface area contributed by atoms with E-state index in [-0.39, 0.29) is 0 Å². The molecule has 4 heterocycles. The van der Waals surface area contributed by atoms with Crippen LogP contribution in [0.3, 0.4) is 0 Å². The molecule has 0 saturated heterocycles. The molecule has 378 valence electrons. The van der Waals surface area contributed by atoms with E-state index in [2.05, 4.69) is 294 Å². The smallest absolute Gasteiger partial charge is 0.166 e. The van der Waals surface area contributed by atoms with E-state index in [1.807, 2.05) is 0 Å². The molecule has 0 aliphatic rings. The summed E-state index contributed by atoms with van der Waals surface area (Å²) in [7, 11) is 0. The van der Waals surface area contributed by atoms with Crippen molar-refractivity contribution in [2.45, 2.75) is 0 Å². The zero-order valence-corrected chi connectivity index (χ0v) is 44.6. The van der Waals surface area contributed by atoms with E-state index < -0.39 is 0 Å². The lowest BCUT2D eigenvalue weighted by atomic mass is 9.95. The highest BCUT2D eigenvalue weighted by Gasteiger charge is 2.25. The highest BCUT2D eigenvalue weighted by molar-refractivity contribution is 7.25. The maximum absolute atomic E-state index is 5.60. The minimum atomic E-state index is 0.585. The van der Waals surface area contributed by atoms with Crippen molar-refractivity contribution in [3.05, 3.63) is 285 Å². The minimum absolute atomic E-state index is 0.585. The number of benzene rings is 12. The number of nitrogens with zero attached hydrogens (tertiary/aromatic N) is 5. The van der Waals surface area contributed by atoms with E-state index >= 15 is 0 Å². The first-order chi connectivity index (χ1) is 40.2. The molecule has 6 heteroatoms. The van der Waals surface area contributed by atoms with Crippen LogP contribution in [0, 0.1) is 0 Å². The largest absolute Gasteiger partial charge is 0.309 e. The molecule has 0 saturated carbocycles. The summed E-state index contributed by atoms with van der Waals surface area (Å²) in [5.41, 5.74) is 18.4. The third-order valence-corrected chi connectivity index (χ3v) is 17.1. The molecule has 4 aromatic heterocycles. The summed E-state index contributed by atoms with van der Waals surface area (Å²) in [4.78, 5) is 16.6. The summed E-state index contributed by atoms with van der Waals surface area (Å²) in [5.74, 6) is 1.81. The van der Waals surface area contributed by atoms with Crippen LogP contribution in [0.15, 0.2) is 285 Å². The van der Waals surface area contributed by atoms with Crippen molar-refractivity contribution in [1.82, 2.24) is 24.1 Å². The van der Waals surface area contributed by atoms with Crippen molar-refractivity contribution in [2.24, 2.45) is 0 Å². The third kappa shape index (κ3) is 7.79. The summed E-state index contributed by atoms with van der Waals surface area (Å²) in [5, 5.41) is 7.07. The van der Waals surface area contributed by atoms with Gasteiger partial charge in [-0.05, 0) is 111 Å². The molecule has 16 rings (SSSR count). The van der Waals surface area contributed by atoms with Crippen LogP contribution in [0.25, 0.3) is 154 Å². The molecule has 0 radical (unpaired) electrons. The van der Waals surface area contributed by atoms with Crippen molar-refractivity contribution in [3.63, 3.8) is 0 Å². The zero-order valence-electron chi connectivity index (χ0n) is 43.8. The minimum Gasteiger partial charge on any atom is -0.309 e. The van der Waals surface area contributed by atoms with Crippen LogP contribution in [-0.4, -0.2) is 24.1 Å². The van der Waals surface area contributed by atoms with E-state index in [1.54, 1.807) is 11.3 Å². The molecule has 0 spiro atoms. The second-order valence-electron chi connectivity index (χ2n) is 20.6. The molecule has 0 aliphatic carbocycles. The van der Waals surface area contributed by atoms with E-state index in [1.165, 1.54) is 47.6 Å². The van der Waals surface area contributed by atoms with E-state index in [4.69, 9.17) is 15.0 Å². The van der Waals surface area contributed by atoms with Gasteiger partial charge in [0, 0.05) is 64.1 Å². The number of hydrogen-bond donors (Lipinski definition) is 0. The van der Waals surface area contributed by atoms with Crippen molar-refractivity contribution in [2.75, 3.05) is 0 Å². The van der Waals surface area contributed by atoms with Crippen LogP contribution in [0.2, 0.25) is 0 Å². The lowest BCUT2D eigenvalue weighted by Crippen LogP contribution is -2.04. The van der Waals surface area contributed by atoms with Gasteiger partial charge in [0.1, 0.15) is 0 Å². The summed E-state index contributed by atoms with van der Waals surface area (Å²) in [6, 6.07) is 103. The molecule has 0 fully saturated rings. The zero-order chi connectivity index (χ0) is 53.4. The monoisotopic (exact) mass is 1050 g/mol. The van der Waals surface area contributed by atoms with Crippen LogP contribution in [-0.2, 0) is 0 Å². The number of thiophene rings is 1. The molecule has 0 atom stereocenters. The third-order valence-electron chi connectivity index (χ3n) is 16.0. The average molecular weight is 1050 g/mol. The number of para-hydroxylation sites is 2.